The Balaban J connectivity index is 1.77. The van der Waals surface area contributed by atoms with Gasteiger partial charge in [0, 0.05) is 0 Å². The summed E-state index contributed by atoms with van der Waals surface area (Å²) in [5, 5.41) is 25.7. The molecule has 0 unspecified atom stereocenters. The van der Waals surface area contributed by atoms with Crippen LogP contribution in [0.4, 0.5) is 0 Å². The highest BCUT2D eigenvalue weighted by Crippen LogP contribution is 2.46. The van der Waals surface area contributed by atoms with Crippen molar-refractivity contribution >= 4 is 11.8 Å². The number of amides is 2. The molecule has 5 rings (SSSR count). The van der Waals surface area contributed by atoms with Crippen LogP contribution >= 0.6 is 0 Å². The lowest BCUT2D eigenvalue weighted by molar-refractivity contribution is -0.164. The lowest BCUT2D eigenvalue weighted by Crippen LogP contribution is -2.64. The van der Waals surface area contributed by atoms with Crippen molar-refractivity contribution in [2.75, 3.05) is 0 Å². The fourth-order valence-corrected chi connectivity index (χ4v) is 6.95. The number of benzene rings is 4. The van der Waals surface area contributed by atoms with Crippen molar-refractivity contribution in [2.45, 2.75) is 62.8 Å². The molecule has 222 valence electrons. The first-order chi connectivity index (χ1) is 20.7. The Morgan fingerprint density at radius 3 is 1.16 bits per heavy atom. The van der Waals surface area contributed by atoms with E-state index < -0.39 is 40.5 Å². The SMILES string of the molecule is C[C@@H](N(C(=O)C1(C(N)=O)CCCC1)[C@H](C)C(O)(c1ccccc1)c1ccccc1)C(O)(c1ccccc1)c1ccccc1. The van der Waals surface area contributed by atoms with Gasteiger partial charge in [0.1, 0.15) is 16.6 Å². The van der Waals surface area contributed by atoms with Gasteiger partial charge < -0.3 is 20.8 Å². The maximum atomic E-state index is 15.0. The van der Waals surface area contributed by atoms with Gasteiger partial charge in [0.05, 0.1) is 12.1 Å². The third-order valence-corrected chi connectivity index (χ3v) is 9.47. The van der Waals surface area contributed by atoms with E-state index in [4.69, 9.17) is 5.73 Å². The Morgan fingerprint density at radius 2 is 0.907 bits per heavy atom. The summed E-state index contributed by atoms with van der Waals surface area (Å²) in [4.78, 5) is 29.7. The molecule has 1 fully saturated rings. The standard InChI is InChI=1S/C37H40N2O4/c1-27(36(42,29-17-7-3-8-18-29)30-19-9-4-10-20-30)39(34(41)35(33(38)40)25-15-16-26-35)28(2)37(43,31-21-11-5-12-22-31)32-23-13-6-14-24-32/h3-14,17-24,27-28,42-43H,15-16,25-26H2,1-2H3,(H2,38,40)/t27-,28-/m1/s1. The maximum absolute atomic E-state index is 15.0. The average molecular weight is 577 g/mol. The second-order valence-corrected chi connectivity index (χ2v) is 11.7. The van der Waals surface area contributed by atoms with Crippen LogP contribution in [0.5, 0.6) is 0 Å². The minimum atomic E-state index is -1.70. The molecule has 0 saturated heterocycles. The molecule has 0 aliphatic heterocycles. The van der Waals surface area contributed by atoms with Gasteiger partial charge in [-0.2, -0.15) is 0 Å². The van der Waals surface area contributed by atoms with E-state index >= 15 is 4.79 Å². The number of primary amides is 1. The fourth-order valence-electron chi connectivity index (χ4n) is 6.95. The summed E-state index contributed by atoms with van der Waals surface area (Å²) in [5.74, 6) is -1.15. The highest BCUT2D eigenvalue weighted by molar-refractivity contribution is 6.05. The first-order valence-electron chi connectivity index (χ1n) is 15.0. The molecule has 6 heteroatoms. The van der Waals surface area contributed by atoms with Crippen LogP contribution < -0.4 is 5.73 Å². The molecule has 4 aromatic rings. The predicted molar refractivity (Wildman–Crippen MR) is 168 cm³/mol. The van der Waals surface area contributed by atoms with E-state index in [9.17, 15) is 15.0 Å². The van der Waals surface area contributed by atoms with Gasteiger partial charge in [-0.05, 0) is 48.9 Å². The summed E-state index contributed by atoms with van der Waals surface area (Å²) in [7, 11) is 0. The van der Waals surface area contributed by atoms with Crippen molar-refractivity contribution in [1.82, 2.24) is 4.90 Å². The van der Waals surface area contributed by atoms with E-state index in [1.54, 1.807) is 13.8 Å². The van der Waals surface area contributed by atoms with Gasteiger partial charge in [0.2, 0.25) is 11.8 Å². The minimum absolute atomic E-state index is 0.321. The summed E-state index contributed by atoms with van der Waals surface area (Å²) >= 11 is 0. The maximum Gasteiger partial charge on any atom is 0.238 e. The first kappa shape index (κ1) is 30.2. The molecule has 0 heterocycles. The Bertz CT molecular complexity index is 1350. The molecule has 0 bridgehead atoms. The molecule has 1 saturated carbocycles. The second-order valence-electron chi connectivity index (χ2n) is 11.7. The van der Waals surface area contributed by atoms with Crippen LogP contribution in [0.3, 0.4) is 0 Å². The van der Waals surface area contributed by atoms with Crippen molar-refractivity contribution in [3.05, 3.63) is 144 Å². The normalized spacial score (nSPS) is 16.3. The highest BCUT2D eigenvalue weighted by Gasteiger charge is 2.56. The Hall–Kier alpha value is -4.26. The van der Waals surface area contributed by atoms with Gasteiger partial charge in [0.25, 0.3) is 0 Å². The van der Waals surface area contributed by atoms with Gasteiger partial charge >= 0.3 is 0 Å². The monoisotopic (exact) mass is 576 g/mol. The second kappa shape index (κ2) is 12.2. The number of carbonyl (C=O) groups is 2. The Labute approximate surface area is 253 Å². The quantitative estimate of drug-likeness (QED) is 0.217. The van der Waals surface area contributed by atoms with E-state index in [0.29, 0.717) is 47.9 Å². The third kappa shape index (κ3) is 5.15. The van der Waals surface area contributed by atoms with E-state index in [1.165, 1.54) is 4.90 Å². The van der Waals surface area contributed by atoms with Gasteiger partial charge in [-0.3, -0.25) is 9.59 Å². The van der Waals surface area contributed by atoms with Gasteiger partial charge in [-0.15, -0.1) is 0 Å². The molecule has 4 N–H and O–H groups in total. The minimum Gasteiger partial charge on any atom is -0.378 e. The number of hydrogen-bond acceptors (Lipinski definition) is 4. The van der Waals surface area contributed by atoms with Crippen molar-refractivity contribution < 1.29 is 19.8 Å². The molecule has 6 nitrogen and oxygen atoms in total. The Kier molecular flexibility index (Phi) is 8.54. The van der Waals surface area contributed by atoms with Gasteiger partial charge in [-0.1, -0.05) is 134 Å². The fraction of sp³-hybridized carbons (Fsp3) is 0.297. The summed E-state index contributed by atoms with van der Waals surface area (Å²) in [6.07, 6.45) is 2.02. The Morgan fingerprint density at radius 1 is 0.628 bits per heavy atom. The largest absolute Gasteiger partial charge is 0.378 e. The van der Waals surface area contributed by atoms with Crippen molar-refractivity contribution in [3.63, 3.8) is 0 Å². The molecule has 2 amide bonds. The lowest BCUT2D eigenvalue weighted by atomic mass is 9.74. The molecule has 0 radical (unpaired) electrons. The molecule has 4 aromatic carbocycles. The van der Waals surface area contributed by atoms with E-state index in [1.807, 2.05) is 121 Å². The van der Waals surface area contributed by atoms with E-state index in [-0.39, 0.29) is 0 Å². The lowest BCUT2D eigenvalue weighted by Gasteiger charge is -2.51. The zero-order chi connectivity index (χ0) is 30.7. The zero-order valence-corrected chi connectivity index (χ0v) is 24.8. The molecule has 43 heavy (non-hydrogen) atoms. The zero-order valence-electron chi connectivity index (χ0n) is 24.8. The molecule has 1 aliphatic rings. The molecule has 1 aliphatic carbocycles. The summed E-state index contributed by atoms with van der Waals surface area (Å²) in [6, 6.07) is 35.0. The molecular weight excluding hydrogens is 536 g/mol. The van der Waals surface area contributed by atoms with Crippen LogP contribution in [0, 0.1) is 5.41 Å². The summed E-state index contributed by atoms with van der Waals surface area (Å²) in [6.45, 7) is 3.57. The summed E-state index contributed by atoms with van der Waals surface area (Å²) in [5.41, 5.74) is 3.53. The molecule has 2 atom stereocenters. The van der Waals surface area contributed by atoms with Crippen LogP contribution in [0.15, 0.2) is 121 Å². The van der Waals surface area contributed by atoms with Crippen LogP contribution in [0.1, 0.15) is 61.8 Å². The number of carbonyl (C=O) groups excluding carboxylic acids is 2. The topological polar surface area (TPSA) is 104 Å². The predicted octanol–water partition coefficient (Wildman–Crippen LogP) is 5.51. The van der Waals surface area contributed by atoms with Gasteiger partial charge in [-0.25, -0.2) is 0 Å². The number of nitrogens with zero attached hydrogens (tertiary/aromatic N) is 1. The average Bonchev–Trinajstić information content (AvgIpc) is 3.57. The van der Waals surface area contributed by atoms with Crippen molar-refractivity contribution in [1.29, 1.82) is 0 Å². The van der Waals surface area contributed by atoms with Crippen LogP contribution in [0.2, 0.25) is 0 Å². The molecule has 0 spiro atoms. The summed E-state index contributed by atoms with van der Waals surface area (Å²) < 4.78 is 0. The van der Waals surface area contributed by atoms with E-state index in [2.05, 4.69) is 0 Å². The number of nitrogens with two attached hydrogens (primary N) is 1. The smallest absolute Gasteiger partial charge is 0.238 e. The number of aliphatic hydroxyl groups is 2. The molecular formula is C37H40N2O4. The van der Waals surface area contributed by atoms with E-state index in [0.717, 1.165) is 0 Å². The molecule has 0 aromatic heterocycles. The number of hydrogen-bond donors (Lipinski definition) is 3. The third-order valence-electron chi connectivity index (χ3n) is 9.47. The van der Waals surface area contributed by atoms with Gasteiger partial charge in [0.15, 0.2) is 0 Å². The first-order valence-corrected chi connectivity index (χ1v) is 15.0. The van der Waals surface area contributed by atoms with Crippen molar-refractivity contribution in [2.24, 2.45) is 11.1 Å². The van der Waals surface area contributed by atoms with Crippen molar-refractivity contribution in [3.8, 4) is 0 Å². The van der Waals surface area contributed by atoms with Crippen LogP contribution in [0.25, 0.3) is 0 Å². The number of rotatable bonds is 10. The van der Waals surface area contributed by atoms with Crippen LogP contribution in [-0.2, 0) is 20.8 Å². The van der Waals surface area contributed by atoms with Crippen LogP contribution in [-0.4, -0.2) is 39.0 Å². The highest BCUT2D eigenvalue weighted by atomic mass is 16.3.